The Kier molecular flexibility index (Phi) is 4.69. The van der Waals surface area contributed by atoms with Crippen LogP contribution in [0.5, 0.6) is 11.8 Å². The number of nitrogens with two attached hydrogens (primary N) is 1. The van der Waals surface area contributed by atoms with Crippen LogP contribution in [0, 0.1) is 17.7 Å². The molecule has 0 radical (unpaired) electrons. The summed E-state index contributed by atoms with van der Waals surface area (Å²) in [4.78, 5) is 22.8. The summed E-state index contributed by atoms with van der Waals surface area (Å²) < 4.78 is 20.6. The summed E-state index contributed by atoms with van der Waals surface area (Å²) in [6, 6.07) is 3.59. The summed E-state index contributed by atoms with van der Waals surface area (Å²) in [5, 5.41) is 3.12. The summed E-state index contributed by atoms with van der Waals surface area (Å²) in [6.45, 7) is 6.61. The fraction of sp³-hybridized carbons (Fsp3) is 0.385. The molecular formula is C26H27FN8O. The van der Waals surface area contributed by atoms with Crippen LogP contribution < -0.4 is 25.6 Å². The third-order valence-corrected chi connectivity index (χ3v) is 7.90. The first-order chi connectivity index (χ1) is 17.5. The topological polar surface area (TPSA) is 105 Å². The zero-order chi connectivity index (χ0) is 24.6. The van der Waals surface area contributed by atoms with Crippen molar-refractivity contribution in [2.45, 2.75) is 25.3 Å². The Balaban J connectivity index is 1.24. The van der Waals surface area contributed by atoms with E-state index in [9.17, 15) is 4.39 Å². The summed E-state index contributed by atoms with van der Waals surface area (Å²) in [5.74, 6) is 2.50. The van der Waals surface area contributed by atoms with E-state index in [2.05, 4.69) is 26.8 Å². The molecule has 36 heavy (non-hydrogen) atoms. The molecule has 10 heteroatoms. The fourth-order valence-electron chi connectivity index (χ4n) is 5.92. The third kappa shape index (κ3) is 3.31. The zero-order valence-corrected chi connectivity index (χ0v) is 20.0. The molecule has 1 saturated carbocycles. The lowest BCUT2D eigenvalue weighted by Gasteiger charge is -2.23. The van der Waals surface area contributed by atoms with Gasteiger partial charge in [0.15, 0.2) is 5.75 Å². The van der Waals surface area contributed by atoms with E-state index in [1.54, 1.807) is 25.5 Å². The zero-order valence-electron chi connectivity index (χ0n) is 20.0. The van der Waals surface area contributed by atoms with Gasteiger partial charge < -0.3 is 25.6 Å². The molecular weight excluding hydrogens is 459 g/mol. The minimum Gasteiger partial charge on any atom is -0.421 e. The number of hydrogen-bond acceptors (Lipinski definition) is 9. The summed E-state index contributed by atoms with van der Waals surface area (Å²) in [5.41, 5.74) is 11.5. The van der Waals surface area contributed by atoms with Crippen molar-refractivity contribution in [2.75, 3.05) is 41.8 Å². The average molecular weight is 487 g/mol. The van der Waals surface area contributed by atoms with Gasteiger partial charge in [0.25, 0.3) is 0 Å². The van der Waals surface area contributed by atoms with E-state index in [1.807, 2.05) is 4.90 Å². The van der Waals surface area contributed by atoms with E-state index in [4.69, 9.17) is 20.4 Å². The second-order valence-corrected chi connectivity index (χ2v) is 10.0. The van der Waals surface area contributed by atoms with Crippen LogP contribution in [0.25, 0.3) is 11.1 Å². The quantitative estimate of drug-likeness (QED) is 0.439. The Bertz CT molecular complexity index is 1380. The molecule has 0 spiro atoms. The predicted octanol–water partition coefficient (Wildman–Crippen LogP) is 3.32. The molecule has 9 nitrogen and oxygen atoms in total. The Labute approximate surface area is 208 Å². The van der Waals surface area contributed by atoms with Crippen molar-refractivity contribution >= 4 is 17.5 Å². The highest BCUT2D eigenvalue weighted by atomic mass is 19.1. The lowest BCUT2D eigenvalue weighted by atomic mass is 10.0. The van der Waals surface area contributed by atoms with E-state index in [1.165, 1.54) is 6.07 Å². The van der Waals surface area contributed by atoms with Crippen molar-refractivity contribution in [3.05, 3.63) is 53.9 Å². The molecule has 184 valence electrons. The van der Waals surface area contributed by atoms with Gasteiger partial charge >= 0.3 is 6.01 Å². The number of nitrogens with zero attached hydrogens (tertiary/aromatic N) is 6. The SMILES string of the molecule is C=C1CCCN1c1ncc(Oc2nc3c(c(N4CC5C(N)C5C4)n2)-c2cc(F)cc(NC)c2C3)cn1. The second kappa shape index (κ2) is 7.86. The Morgan fingerprint density at radius 1 is 1.17 bits per heavy atom. The van der Waals surface area contributed by atoms with Crippen LogP contribution in [0.1, 0.15) is 24.1 Å². The molecule has 7 rings (SSSR count). The highest BCUT2D eigenvalue weighted by molar-refractivity contribution is 5.88. The predicted molar refractivity (Wildman–Crippen MR) is 135 cm³/mol. The second-order valence-electron chi connectivity index (χ2n) is 10.0. The Hall–Kier alpha value is -3.79. The van der Waals surface area contributed by atoms with Crippen molar-refractivity contribution in [3.8, 4) is 22.9 Å². The summed E-state index contributed by atoms with van der Waals surface area (Å²) in [7, 11) is 1.80. The standard InChI is InChI=1S/C26H27FN8O/c1-13-4-3-5-35(13)25-30-9-15(10-31-25)36-26-32-21-8-16-17(6-14(27)7-20(16)29-2)22(21)24(33-26)34-11-18-19(12-34)23(18)28/h6-7,9-10,18-19,23,29H,1,3-5,8,11-12,28H2,2H3. The van der Waals surface area contributed by atoms with Crippen molar-refractivity contribution in [3.63, 3.8) is 0 Å². The van der Waals surface area contributed by atoms with Gasteiger partial charge in [-0.3, -0.25) is 0 Å². The van der Waals surface area contributed by atoms with Crippen LogP contribution in [0.4, 0.5) is 21.8 Å². The molecule has 1 aromatic carbocycles. The molecule has 2 saturated heterocycles. The number of rotatable bonds is 5. The fourth-order valence-corrected chi connectivity index (χ4v) is 5.92. The largest absolute Gasteiger partial charge is 0.421 e. The number of aromatic nitrogens is 4. The molecule has 4 heterocycles. The number of halogens is 1. The number of benzene rings is 1. The van der Waals surface area contributed by atoms with Crippen molar-refractivity contribution < 1.29 is 9.13 Å². The molecule has 0 amide bonds. The molecule has 2 aliphatic heterocycles. The Morgan fingerprint density at radius 2 is 1.94 bits per heavy atom. The number of anilines is 3. The molecule has 3 N–H and O–H groups in total. The average Bonchev–Trinajstić information content (AvgIpc) is 3.33. The smallest absolute Gasteiger partial charge is 0.324 e. The van der Waals surface area contributed by atoms with Gasteiger partial charge in [-0.05, 0) is 47.9 Å². The summed E-state index contributed by atoms with van der Waals surface area (Å²) in [6.07, 6.45) is 5.85. The van der Waals surface area contributed by atoms with Crippen LogP contribution in [0.15, 0.2) is 36.8 Å². The van der Waals surface area contributed by atoms with Gasteiger partial charge in [0.1, 0.15) is 11.6 Å². The number of fused-ring (bicyclic) bond motifs is 4. The number of nitrogens with one attached hydrogen (secondary N) is 1. The molecule has 2 aromatic heterocycles. The maximum absolute atomic E-state index is 14.5. The third-order valence-electron chi connectivity index (χ3n) is 7.90. The number of piperidine rings is 1. The lowest BCUT2D eigenvalue weighted by molar-refractivity contribution is 0.436. The van der Waals surface area contributed by atoms with Crippen molar-refractivity contribution in [1.29, 1.82) is 0 Å². The molecule has 0 bridgehead atoms. The molecule has 2 atom stereocenters. The number of allylic oxidation sites excluding steroid dienone is 1. The minimum absolute atomic E-state index is 0.231. The number of ether oxygens (including phenoxy) is 1. The van der Waals surface area contributed by atoms with E-state index in [0.717, 1.165) is 72.1 Å². The molecule has 2 aliphatic carbocycles. The summed E-state index contributed by atoms with van der Waals surface area (Å²) >= 11 is 0. The molecule has 4 aliphatic rings. The van der Waals surface area contributed by atoms with E-state index < -0.39 is 0 Å². The highest BCUT2D eigenvalue weighted by Crippen LogP contribution is 2.50. The van der Waals surface area contributed by atoms with Crippen LogP contribution in [-0.4, -0.2) is 52.7 Å². The van der Waals surface area contributed by atoms with Gasteiger partial charge in [-0.15, -0.1) is 0 Å². The molecule has 3 fully saturated rings. The van der Waals surface area contributed by atoms with Crippen LogP contribution >= 0.6 is 0 Å². The van der Waals surface area contributed by atoms with Gasteiger partial charge in [0.05, 0.1) is 18.1 Å². The lowest BCUT2D eigenvalue weighted by Crippen LogP contribution is -2.29. The van der Waals surface area contributed by atoms with Crippen LogP contribution in [0.3, 0.4) is 0 Å². The van der Waals surface area contributed by atoms with Crippen LogP contribution in [-0.2, 0) is 6.42 Å². The first-order valence-electron chi connectivity index (χ1n) is 12.4. The normalized spacial score (nSPS) is 23.5. The van der Waals surface area contributed by atoms with Gasteiger partial charge in [-0.1, -0.05) is 6.58 Å². The first-order valence-corrected chi connectivity index (χ1v) is 12.4. The van der Waals surface area contributed by atoms with E-state index in [0.29, 0.717) is 30.0 Å². The molecule has 3 aromatic rings. The Morgan fingerprint density at radius 3 is 2.64 bits per heavy atom. The first kappa shape index (κ1) is 21.5. The van der Waals surface area contributed by atoms with Gasteiger partial charge in [0, 0.05) is 56.1 Å². The van der Waals surface area contributed by atoms with Crippen molar-refractivity contribution in [2.24, 2.45) is 17.6 Å². The monoisotopic (exact) mass is 486 g/mol. The highest BCUT2D eigenvalue weighted by Gasteiger charge is 2.54. The van der Waals surface area contributed by atoms with E-state index in [-0.39, 0.29) is 17.9 Å². The van der Waals surface area contributed by atoms with Gasteiger partial charge in [0.2, 0.25) is 5.95 Å². The van der Waals surface area contributed by atoms with E-state index >= 15 is 0 Å². The van der Waals surface area contributed by atoms with Crippen LogP contribution in [0.2, 0.25) is 0 Å². The molecule has 2 unspecified atom stereocenters. The maximum atomic E-state index is 14.5. The number of hydrogen-bond donors (Lipinski definition) is 2. The van der Waals surface area contributed by atoms with Gasteiger partial charge in [-0.2, -0.15) is 9.97 Å². The maximum Gasteiger partial charge on any atom is 0.324 e. The van der Waals surface area contributed by atoms with Gasteiger partial charge in [-0.25, -0.2) is 14.4 Å². The van der Waals surface area contributed by atoms with Crippen molar-refractivity contribution in [1.82, 2.24) is 19.9 Å². The minimum atomic E-state index is -0.290.